The van der Waals surface area contributed by atoms with Crippen molar-refractivity contribution < 1.29 is 14.7 Å². The molecule has 19 heavy (non-hydrogen) atoms. The Morgan fingerprint density at radius 3 is 2.42 bits per heavy atom. The molecule has 0 aromatic carbocycles. The van der Waals surface area contributed by atoms with Gasteiger partial charge >= 0.3 is 12.0 Å². The molecular formula is C14H26N2O3. The zero-order chi connectivity index (χ0) is 14.5. The Balaban J connectivity index is 2.07. The van der Waals surface area contributed by atoms with Gasteiger partial charge in [0.1, 0.15) is 0 Å². The number of rotatable bonds is 8. The number of carbonyl (C=O) groups excluding carboxylic acids is 1. The van der Waals surface area contributed by atoms with Gasteiger partial charge in [0, 0.05) is 19.5 Å². The molecule has 0 aromatic rings. The Morgan fingerprint density at radius 2 is 1.89 bits per heavy atom. The smallest absolute Gasteiger partial charge is 0.314 e. The summed E-state index contributed by atoms with van der Waals surface area (Å²) in [4.78, 5) is 22.0. The van der Waals surface area contributed by atoms with E-state index in [9.17, 15) is 9.59 Å². The SMILES string of the molecule is CC1CC1CNC(=O)NCCC(C)(C)CCC(=O)O. The Labute approximate surface area is 115 Å². The molecule has 0 spiro atoms. The minimum atomic E-state index is -0.766. The normalized spacial score (nSPS) is 21.8. The highest BCUT2D eigenvalue weighted by atomic mass is 16.4. The van der Waals surface area contributed by atoms with Gasteiger partial charge in [0.05, 0.1) is 0 Å². The molecule has 1 saturated carbocycles. The van der Waals surface area contributed by atoms with Crippen LogP contribution in [0.4, 0.5) is 4.79 Å². The maximum atomic E-state index is 11.5. The third-order valence-corrected chi connectivity index (χ3v) is 3.90. The van der Waals surface area contributed by atoms with Crippen molar-refractivity contribution in [3.8, 4) is 0 Å². The van der Waals surface area contributed by atoms with E-state index < -0.39 is 5.97 Å². The molecule has 1 aliphatic rings. The molecule has 2 atom stereocenters. The first-order valence-electron chi connectivity index (χ1n) is 7.04. The molecule has 2 unspecified atom stereocenters. The van der Waals surface area contributed by atoms with Crippen LogP contribution in [0, 0.1) is 17.3 Å². The van der Waals surface area contributed by atoms with Gasteiger partial charge in [-0.25, -0.2) is 4.79 Å². The van der Waals surface area contributed by atoms with Crippen molar-refractivity contribution in [1.29, 1.82) is 0 Å². The van der Waals surface area contributed by atoms with Crippen molar-refractivity contribution in [2.45, 2.75) is 46.5 Å². The summed E-state index contributed by atoms with van der Waals surface area (Å²) in [5.74, 6) is 0.630. The van der Waals surface area contributed by atoms with Crippen LogP contribution in [0.25, 0.3) is 0 Å². The molecule has 5 heteroatoms. The summed E-state index contributed by atoms with van der Waals surface area (Å²) in [6.45, 7) is 7.59. The van der Waals surface area contributed by atoms with Crippen LogP contribution >= 0.6 is 0 Å². The van der Waals surface area contributed by atoms with E-state index in [1.54, 1.807) is 0 Å². The van der Waals surface area contributed by atoms with Gasteiger partial charge in [-0.2, -0.15) is 0 Å². The fourth-order valence-electron chi connectivity index (χ4n) is 2.05. The second-order valence-corrected chi connectivity index (χ2v) is 6.42. The quantitative estimate of drug-likeness (QED) is 0.633. The number of amides is 2. The zero-order valence-electron chi connectivity index (χ0n) is 12.2. The number of carboxylic acid groups (broad SMARTS) is 1. The maximum absolute atomic E-state index is 11.5. The van der Waals surface area contributed by atoms with Gasteiger partial charge in [-0.3, -0.25) is 4.79 Å². The minimum Gasteiger partial charge on any atom is -0.481 e. The van der Waals surface area contributed by atoms with E-state index in [-0.39, 0.29) is 17.9 Å². The first-order valence-corrected chi connectivity index (χ1v) is 7.04. The third kappa shape index (κ3) is 7.03. The number of nitrogens with one attached hydrogen (secondary N) is 2. The van der Waals surface area contributed by atoms with Gasteiger partial charge < -0.3 is 15.7 Å². The van der Waals surface area contributed by atoms with Gasteiger partial charge in [-0.15, -0.1) is 0 Å². The van der Waals surface area contributed by atoms with Crippen LogP contribution in [0.15, 0.2) is 0 Å². The molecule has 0 saturated heterocycles. The molecule has 0 aliphatic heterocycles. The first kappa shape index (κ1) is 15.8. The van der Waals surface area contributed by atoms with Crippen LogP contribution in [0.1, 0.15) is 46.5 Å². The van der Waals surface area contributed by atoms with E-state index in [1.165, 1.54) is 6.42 Å². The Morgan fingerprint density at radius 1 is 1.26 bits per heavy atom. The number of hydrogen-bond acceptors (Lipinski definition) is 2. The Kier molecular flexibility index (Phi) is 5.63. The second kappa shape index (κ2) is 6.78. The van der Waals surface area contributed by atoms with Gasteiger partial charge in [0.2, 0.25) is 0 Å². The van der Waals surface area contributed by atoms with Crippen molar-refractivity contribution in [1.82, 2.24) is 10.6 Å². The Bertz CT molecular complexity index is 329. The highest BCUT2D eigenvalue weighted by Gasteiger charge is 2.32. The molecule has 1 aliphatic carbocycles. The number of carboxylic acids is 1. The predicted molar refractivity (Wildman–Crippen MR) is 73.9 cm³/mol. The van der Waals surface area contributed by atoms with Crippen LogP contribution < -0.4 is 10.6 Å². The van der Waals surface area contributed by atoms with E-state index in [0.717, 1.165) is 18.9 Å². The average Bonchev–Trinajstić information content (AvgIpc) is 3.00. The number of hydrogen-bond donors (Lipinski definition) is 3. The fraction of sp³-hybridized carbons (Fsp3) is 0.857. The van der Waals surface area contributed by atoms with Crippen LogP contribution in [0.5, 0.6) is 0 Å². The summed E-state index contributed by atoms with van der Waals surface area (Å²) in [5.41, 5.74) is -0.0589. The largest absolute Gasteiger partial charge is 0.481 e. The lowest BCUT2D eigenvalue weighted by Gasteiger charge is -2.23. The molecule has 3 N–H and O–H groups in total. The van der Waals surface area contributed by atoms with E-state index in [0.29, 0.717) is 18.9 Å². The van der Waals surface area contributed by atoms with Crippen molar-refractivity contribution in [2.24, 2.45) is 17.3 Å². The molecule has 5 nitrogen and oxygen atoms in total. The number of aliphatic carboxylic acids is 1. The highest BCUT2D eigenvalue weighted by molar-refractivity contribution is 5.73. The van der Waals surface area contributed by atoms with Gasteiger partial charge in [-0.1, -0.05) is 20.8 Å². The lowest BCUT2D eigenvalue weighted by molar-refractivity contribution is -0.137. The molecule has 0 aromatic heterocycles. The summed E-state index contributed by atoms with van der Waals surface area (Å²) >= 11 is 0. The van der Waals surface area contributed by atoms with Crippen molar-refractivity contribution in [3.05, 3.63) is 0 Å². The lowest BCUT2D eigenvalue weighted by atomic mass is 9.84. The second-order valence-electron chi connectivity index (χ2n) is 6.42. The molecule has 0 bridgehead atoms. The van der Waals surface area contributed by atoms with Crippen LogP contribution in [-0.4, -0.2) is 30.2 Å². The molecular weight excluding hydrogens is 244 g/mol. The molecule has 1 rings (SSSR count). The third-order valence-electron chi connectivity index (χ3n) is 3.90. The molecule has 0 radical (unpaired) electrons. The minimum absolute atomic E-state index is 0.0589. The fourth-order valence-corrected chi connectivity index (χ4v) is 2.05. The van der Waals surface area contributed by atoms with Gasteiger partial charge in [0.15, 0.2) is 0 Å². The summed E-state index contributed by atoms with van der Waals surface area (Å²) in [6.07, 6.45) is 2.81. The van der Waals surface area contributed by atoms with Crippen LogP contribution in [0.3, 0.4) is 0 Å². The monoisotopic (exact) mass is 270 g/mol. The number of carbonyl (C=O) groups is 2. The van der Waals surface area contributed by atoms with E-state index in [2.05, 4.69) is 17.6 Å². The summed E-state index contributed by atoms with van der Waals surface area (Å²) < 4.78 is 0. The topological polar surface area (TPSA) is 78.4 Å². The van der Waals surface area contributed by atoms with E-state index in [4.69, 9.17) is 5.11 Å². The lowest BCUT2D eigenvalue weighted by Crippen LogP contribution is -2.38. The van der Waals surface area contributed by atoms with Crippen molar-refractivity contribution in [2.75, 3.05) is 13.1 Å². The molecule has 1 fully saturated rings. The number of urea groups is 1. The summed E-state index contributed by atoms with van der Waals surface area (Å²) in [7, 11) is 0. The zero-order valence-corrected chi connectivity index (χ0v) is 12.2. The molecule has 2 amide bonds. The van der Waals surface area contributed by atoms with Crippen molar-refractivity contribution in [3.63, 3.8) is 0 Å². The van der Waals surface area contributed by atoms with E-state index in [1.807, 2.05) is 13.8 Å². The maximum Gasteiger partial charge on any atom is 0.314 e. The first-order chi connectivity index (χ1) is 8.80. The standard InChI is InChI=1S/C14H26N2O3/c1-10-8-11(10)9-16-13(19)15-7-6-14(2,3)5-4-12(17)18/h10-11H,4-9H2,1-3H3,(H,17,18)(H2,15,16,19). The van der Waals surface area contributed by atoms with Gasteiger partial charge in [0.25, 0.3) is 0 Å². The molecule has 110 valence electrons. The highest BCUT2D eigenvalue weighted by Crippen LogP contribution is 2.36. The molecule has 0 heterocycles. The average molecular weight is 270 g/mol. The predicted octanol–water partition coefficient (Wildman–Crippen LogP) is 2.22. The summed E-state index contributed by atoms with van der Waals surface area (Å²) in [6, 6.07) is -0.117. The summed E-state index contributed by atoms with van der Waals surface area (Å²) in [5, 5.41) is 14.4. The Hall–Kier alpha value is -1.26. The van der Waals surface area contributed by atoms with Gasteiger partial charge in [-0.05, 0) is 36.5 Å². The van der Waals surface area contributed by atoms with E-state index >= 15 is 0 Å². The van der Waals surface area contributed by atoms with Crippen LogP contribution in [-0.2, 0) is 4.79 Å². The van der Waals surface area contributed by atoms with Crippen molar-refractivity contribution >= 4 is 12.0 Å². The van der Waals surface area contributed by atoms with Crippen LogP contribution in [0.2, 0.25) is 0 Å².